The van der Waals surface area contributed by atoms with Gasteiger partial charge in [-0.25, -0.2) is 0 Å². The summed E-state index contributed by atoms with van der Waals surface area (Å²) in [7, 11) is 0. The minimum Gasteiger partial charge on any atom is -0.484 e. The molecular weight excluding hydrogens is 392 g/mol. The fourth-order valence-electron chi connectivity index (χ4n) is 2.94. The number of rotatable bonds is 9. The summed E-state index contributed by atoms with van der Waals surface area (Å²) in [5.41, 5.74) is 2.43. The van der Waals surface area contributed by atoms with Crippen molar-refractivity contribution < 1.29 is 18.7 Å². The molecule has 0 saturated heterocycles. The minimum absolute atomic E-state index is 0.0953. The van der Waals surface area contributed by atoms with Crippen LogP contribution in [0.3, 0.4) is 0 Å². The van der Waals surface area contributed by atoms with Crippen LogP contribution < -0.4 is 15.4 Å². The topological polar surface area (TPSA) is 80.6 Å². The maximum atomic E-state index is 12.2. The number of ether oxygens (including phenoxy) is 1. The van der Waals surface area contributed by atoms with E-state index in [1.165, 1.54) is 5.56 Å². The number of furan rings is 1. The summed E-state index contributed by atoms with van der Waals surface area (Å²) in [6.45, 7) is 6.78. The second-order valence-corrected chi connectivity index (χ2v) is 7.94. The Bertz CT molecular complexity index is 991. The predicted octanol–water partition coefficient (Wildman–Crippen LogP) is 4.91. The molecule has 0 aliphatic rings. The summed E-state index contributed by atoms with van der Waals surface area (Å²) in [6.07, 6.45) is 2.60. The fraction of sp³-hybridized carbons (Fsp3) is 0.280. The van der Waals surface area contributed by atoms with E-state index in [1.807, 2.05) is 24.3 Å². The number of nitrogens with one attached hydrogen (secondary N) is 2. The molecule has 2 N–H and O–H groups in total. The summed E-state index contributed by atoms with van der Waals surface area (Å²) in [5.74, 6) is 0.843. The summed E-state index contributed by atoms with van der Waals surface area (Å²) < 4.78 is 10.8. The van der Waals surface area contributed by atoms with E-state index in [9.17, 15) is 9.59 Å². The number of hydrogen-bond donors (Lipinski definition) is 2. The number of anilines is 1. The quantitative estimate of drug-likeness (QED) is 0.515. The van der Waals surface area contributed by atoms with E-state index in [2.05, 4.69) is 31.4 Å². The van der Waals surface area contributed by atoms with E-state index < -0.39 is 0 Å². The lowest BCUT2D eigenvalue weighted by Crippen LogP contribution is -2.23. The molecule has 6 nitrogen and oxygen atoms in total. The van der Waals surface area contributed by atoms with Gasteiger partial charge in [-0.1, -0.05) is 32.9 Å². The van der Waals surface area contributed by atoms with Crippen LogP contribution in [0.15, 0.2) is 71.3 Å². The van der Waals surface area contributed by atoms with E-state index in [-0.39, 0.29) is 23.8 Å². The van der Waals surface area contributed by atoms with Crippen LogP contribution in [0, 0.1) is 0 Å². The van der Waals surface area contributed by atoms with Crippen molar-refractivity contribution in [2.75, 3.05) is 11.9 Å². The van der Waals surface area contributed by atoms with Crippen molar-refractivity contribution in [3.63, 3.8) is 0 Å². The molecule has 0 unspecified atom stereocenters. The third-order valence-electron chi connectivity index (χ3n) is 5.32. The highest BCUT2D eigenvalue weighted by atomic mass is 16.5. The molecule has 0 atom stereocenters. The number of amides is 2. The van der Waals surface area contributed by atoms with E-state index in [1.54, 1.807) is 42.7 Å². The molecule has 2 amide bonds. The lowest BCUT2D eigenvalue weighted by Gasteiger charge is -2.23. The lowest BCUT2D eigenvalue weighted by molar-refractivity contribution is -0.118. The first-order valence-electron chi connectivity index (χ1n) is 10.3. The van der Waals surface area contributed by atoms with Crippen LogP contribution in [-0.2, 0) is 16.8 Å². The number of carbonyl (C=O) groups is 2. The number of hydrogen-bond acceptors (Lipinski definition) is 4. The molecule has 0 spiro atoms. The minimum atomic E-state index is -0.270. The van der Waals surface area contributed by atoms with Gasteiger partial charge >= 0.3 is 0 Å². The van der Waals surface area contributed by atoms with Crippen LogP contribution in [0.25, 0.3) is 0 Å². The summed E-state index contributed by atoms with van der Waals surface area (Å²) >= 11 is 0. The molecular formula is C25H28N2O4. The van der Waals surface area contributed by atoms with Gasteiger partial charge < -0.3 is 19.8 Å². The van der Waals surface area contributed by atoms with Crippen molar-refractivity contribution in [2.45, 2.75) is 39.2 Å². The number of benzene rings is 2. The number of carbonyl (C=O) groups excluding carboxylic acids is 2. The second kappa shape index (κ2) is 9.98. The highest BCUT2D eigenvalue weighted by Gasteiger charge is 2.17. The second-order valence-electron chi connectivity index (χ2n) is 7.94. The molecule has 0 saturated carbocycles. The van der Waals surface area contributed by atoms with Crippen molar-refractivity contribution in [2.24, 2.45) is 0 Å². The zero-order valence-electron chi connectivity index (χ0n) is 18.1. The van der Waals surface area contributed by atoms with Crippen molar-refractivity contribution >= 4 is 17.5 Å². The Morgan fingerprint density at radius 3 is 2.32 bits per heavy atom. The average Bonchev–Trinajstić information content (AvgIpc) is 3.30. The molecule has 0 radical (unpaired) electrons. The van der Waals surface area contributed by atoms with Gasteiger partial charge in [0.2, 0.25) is 0 Å². The van der Waals surface area contributed by atoms with Gasteiger partial charge in [0.15, 0.2) is 6.61 Å². The first-order valence-corrected chi connectivity index (χ1v) is 10.3. The van der Waals surface area contributed by atoms with Crippen molar-refractivity contribution in [3.8, 4) is 5.75 Å². The zero-order valence-corrected chi connectivity index (χ0v) is 18.1. The third-order valence-corrected chi connectivity index (χ3v) is 5.32. The average molecular weight is 421 g/mol. The van der Waals surface area contributed by atoms with E-state index in [4.69, 9.17) is 9.15 Å². The van der Waals surface area contributed by atoms with Crippen LogP contribution >= 0.6 is 0 Å². The molecule has 1 aromatic heterocycles. The van der Waals surface area contributed by atoms with Gasteiger partial charge in [0.1, 0.15) is 11.5 Å². The molecule has 0 aliphatic carbocycles. The Morgan fingerprint density at radius 1 is 1.00 bits per heavy atom. The fourth-order valence-corrected chi connectivity index (χ4v) is 2.94. The van der Waals surface area contributed by atoms with Crippen LogP contribution in [0.1, 0.15) is 48.9 Å². The SMILES string of the molecule is CCC(C)(C)c1ccc(OCC(=O)Nc2ccc(C(=O)NCc3ccco3)cc2)cc1. The zero-order chi connectivity index (χ0) is 22.3. The Kier molecular flexibility index (Phi) is 7.13. The van der Waals surface area contributed by atoms with Gasteiger partial charge in [-0.3, -0.25) is 9.59 Å². The Hall–Kier alpha value is -3.54. The maximum Gasteiger partial charge on any atom is 0.262 e. The van der Waals surface area contributed by atoms with Crippen molar-refractivity contribution in [3.05, 3.63) is 83.8 Å². The first kappa shape index (κ1) is 22.2. The molecule has 1 heterocycles. The summed E-state index contributed by atoms with van der Waals surface area (Å²) in [6, 6.07) is 18.1. The summed E-state index contributed by atoms with van der Waals surface area (Å²) in [5, 5.41) is 5.54. The molecule has 3 aromatic rings. The molecule has 3 rings (SSSR count). The largest absolute Gasteiger partial charge is 0.484 e. The van der Waals surface area contributed by atoms with Crippen molar-refractivity contribution in [1.82, 2.24) is 5.32 Å². The monoisotopic (exact) mass is 420 g/mol. The highest BCUT2D eigenvalue weighted by molar-refractivity contribution is 5.96. The molecule has 2 aromatic carbocycles. The first-order chi connectivity index (χ1) is 14.9. The third kappa shape index (κ3) is 6.22. The van der Waals surface area contributed by atoms with Gasteiger partial charge in [0.25, 0.3) is 11.8 Å². The predicted molar refractivity (Wildman–Crippen MR) is 120 cm³/mol. The van der Waals surface area contributed by atoms with E-state index in [0.717, 1.165) is 6.42 Å². The molecule has 0 fully saturated rings. The summed E-state index contributed by atoms with van der Waals surface area (Å²) in [4.78, 5) is 24.4. The van der Waals surface area contributed by atoms with Crippen molar-refractivity contribution in [1.29, 1.82) is 0 Å². The van der Waals surface area contributed by atoms with Gasteiger partial charge in [-0.2, -0.15) is 0 Å². The molecule has 6 heteroatoms. The van der Waals surface area contributed by atoms with Crippen LogP contribution in [0.5, 0.6) is 5.75 Å². The maximum absolute atomic E-state index is 12.2. The molecule has 162 valence electrons. The van der Waals surface area contributed by atoms with Crippen LogP contribution in [0.4, 0.5) is 5.69 Å². The standard InChI is InChI=1S/C25H28N2O4/c1-4-25(2,3)19-9-13-21(14-10-19)31-17-23(28)27-20-11-7-18(8-12-20)24(29)26-16-22-6-5-15-30-22/h5-15H,4,16-17H2,1-3H3,(H,26,29)(H,27,28). The van der Waals surface area contributed by atoms with Crippen LogP contribution in [0.2, 0.25) is 0 Å². The van der Waals surface area contributed by atoms with Gasteiger partial charge in [0, 0.05) is 11.3 Å². The lowest BCUT2D eigenvalue weighted by atomic mass is 9.82. The Morgan fingerprint density at radius 2 is 1.71 bits per heavy atom. The highest BCUT2D eigenvalue weighted by Crippen LogP contribution is 2.28. The smallest absolute Gasteiger partial charge is 0.262 e. The van der Waals surface area contributed by atoms with E-state index >= 15 is 0 Å². The van der Waals surface area contributed by atoms with Gasteiger partial charge in [-0.15, -0.1) is 0 Å². The van der Waals surface area contributed by atoms with E-state index in [0.29, 0.717) is 29.3 Å². The normalized spacial score (nSPS) is 11.1. The van der Waals surface area contributed by atoms with Gasteiger partial charge in [0.05, 0.1) is 12.8 Å². The van der Waals surface area contributed by atoms with Crippen LogP contribution in [-0.4, -0.2) is 18.4 Å². The molecule has 0 bridgehead atoms. The Labute approximate surface area is 182 Å². The molecule has 0 aliphatic heterocycles. The van der Waals surface area contributed by atoms with Gasteiger partial charge in [-0.05, 0) is 65.9 Å². The Balaban J connectivity index is 1.46. The molecule has 31 heavy (non-hydrogen) atoms.